The molecule has 0 saturated heterocycles. The summed E-state index contributed by atoms with van der Waals surface area (Å²) in [5.41, 5.74) is 3.39. The van der Waals surface area contributed by atoms with E-state index >= 15 is 0 Å². The van der Waals surface area contributed by atoms with Crippen molar-refractivity contribution >= 4 is 16.7 Å². The minimum Gasteiger partial charge on any atom is -0.341 e. The van der Waals surface area contributed by atoms with E-state index in [9.17, 15) is 4.79 Å². The summed E-state index contributed by atoms with van der Waals surface area (Å²) in [4.78, 5) is 11.9. The van der Waals surface area contributed by atoms with Crippen molar-refractivity contribution < 1.29 is 4.79 Å². The van der Waals surface area contributed by atoms with Crippen molar-refractivity contribution in [2.75, 3.05) is 0 Å². The molecule has 3 rings (SSSR count). The Kier molecular flexibility index (Phi) is 2.32. The second kappa shape index (κ2) is 3.73. The van der Waals surface area contributed by atoms with Crippen LogP contribution in [0.1, 0.15) is 48.2 Å². The number of ketones is 1. The van der Waals surface area contributed by atoms with Gasteiger partial charge < -0.3 is 4.57 Å². The number of nitrogens with zero attached hydrogens (tertiary/aromatic N) is 1. The number of fused-ring (bicyclic) bond motifs is 1. The molecule has 1 fully saturated rings. The van der Waals surface area contributed by atoms with Crippen LogP contribution >= 0.6 is 0 Å². The molecule has 0 N–H and O–H groups in total. The van der Waals surface area contributed by atoms with Gasteiger partial charge in [0.1, 0.15) is 0 Å². The number of rotatable bonds is 2. The molecule has 1 saturated carbocycles. The number of hydrogen-bond acceptors (Lipinski definition) is 1. The third-order valence-electron chi connectivity index (χ3n) is 3.99. The lowest BCUT2D eigenvalue weighted by Crippen LogP contribution is -2.13. The highest BCUT2D eigenvalue weighted by Gasteiger charge is 2.28. The average Bonchev–Trinajstić information content (AvgIpc) is 2.51. The highest BCUT2D eigenvalue weighted by atomic mass is 16.1. The predicted octanol–water partition coefficient (Wildman–Crippen LogP) is 3.65. The molecule has 2 aromatic rings. The van der Waals surface area contributed by atoms with Gasteiger partial charge in [-0.2, -0.15) is 0 Å². The molecular formula is C15H17NO. The van der Waals surface area contributed by atoms with Crippen molar-refractivity contribution in [3.05, 3.63) is 35.5 Å². The number of para-hydroxylation sites is 1. The maximum absolute atomic E-state index is 11.9. The summed E-state index contributed by atoms with van der Waals surface area (Å²) in [5.74, 6) is 0.783. The Morgan fingerprint density at radius 3 is 2.59 bits per heavy atom. The highest BCUT2D eigenvalue weighted by Crippen LogP contribution is 2.42. The summed E-state index contributed by atoms with van der Waals surface area (Å²) in [5, 5.41) is 1.27. The first-order chi connectivity index (χ1) is 8.20. The molecule has 88 valence electrons. The first-order valence-corrected chi connectivity index (χ1v) is 6.28. The Labute approximate surface area is 101 Å². The molecule has 1 aromatic carbocycles. The second-order valence-electron chi connectivity index (χ2n) is 5.02. The lowest BCUT2D eigenvalue weighted by Gasteiger charge is -2.26. The Morgan fingerprint density at radius 2 is 2.00 bits per heavy atom. The molecule has 0 aliphatic heterocycles. The first kappa shape index (κ1) is 10.6. The molecule has 2 heteroatoms. The normalized spacial score (nSPS) is 16.1. The fourth-order valence-electron chi connectivity index (χ4n) is 2.96. The van der Waals surface area contributed by atoms with Crippen molar-refractivity contribution in [2.45, 2.75) is 32.1 Å². The number of aromatic nitrogens is 1. The number of aryl methyl sites for hydroxylation is 1. The Bertz CT molecular complexity index is 590. The summed E-state index contributed by atoms with van der Waals surface area (Å²) < 4.78 is 2.06. The maximum atomic E-state index is 11.9. The van der Waals surface area contributed by atoms with Crippen LogP contribution in [0.15, 0.2) is 24.3 Å². The van der Waals surface area contributed by atoms with Crippen LogP contribution in [-0.4, -0.2) is 10.4 Å². The largest absolute Gasteiger partial charge is 0.341 e. The van der Waals surface area contributed by atoms with Crippen LogP contribution in [0.4, 0.5) is 0 Å². The molecule has 2 nitrogen and oxygen atoms in total. The second-order valence-corrected chi connectivity index (χ2v) is 5.02. The topological polar surface area (TPSA) is 22.0 Å². The van der Waals surface area contributed by atoms with Crippen molar-refractivity contribution in [3.8, 4) is 0 Å². The van der Waals surface area contributed by atoms with Crippen LogP contribution in [-0.2, 0) is 7.05 Å². The molecule has 1 aliphatic rings. The zero-order valence-electron chi connectivity index (χ0n) is 10.4. The van der Waals surface area contributed by atoms with E-state index in [4.69, 9.17) is 0 Å². The van der Waals surface area contributed by atoms with E-state index in [0.29, 0.717) is 5.92 Å². The SMILES string of the molecule is CC(=O)c1c(C2CCC2)c2ccccc2n1C. The van der Waals surface area contributed by atoms with E-state index in [-0.39, 0.29) is 5.78 Å². The van der Waals surface area contributed by atoms with Gasteiger partial charge in [0, 0.05) is 24.9 Å². The third-order valence-corrected chi connectivity index (χ3v) is 3.99. The minimum atomic E-state index is 0.186. The van der Waals surface area contributed by atoms with Gasteiger partial charge in [-0.05, 0) is 30.4 Å². The Morgan fingerprint density at radius 1 is 1.29 bits per heavy atom. The van der Waals surface area contributed by atoms with Crippen molar-refractivity contribution in [1.82, 2.24) is 4.57 Å². The number of carbonyl (C=O) groups excluding carboxylic acids is 1. The van der Waals surface area contributed by atoms with Gasteiger partial charge in [0.25, 0.3) is 0 Å². The summed E-state index contributed by atoms with van der Waals surface area (Å²) in [6.07, 6.45) is 3.76. The number of Topliss-reactive ketones (excluding diaryl/α,β-unsaturated/α-hetero) is 1. The smallest absolute Gasteiger partial charge is 0.176 e. The van der Waals surface area contributed by atoms with E-state index in [2.05, 4.69) is 22.8 Å². The fraction of sp³-hybridized carbons (Fsp3) is 0.400. The van der Waals surface area contributed by atoms with Crippen LogP contribution in [0.3, 0.4) is 0 Å². The zero-order valence-corrected chi connectivity index (χ0v) is 10.4. The predicted molar refractivity (Wildman–Crippen MR) is 69.5 cm³/mol. The number of hydrogen-bond donors (Lipinski definition) is 0. The Balaban J connectivity index is 2.35. The van der Waals surface area contributed by atoms with Gasteiger partial charge in [0.2, 0.25) is 0 Å². The molecule has 0 unspecified atom stereocenters. The zero-order chi connectivity index (χ0) is 12.0. The molecule has 0 bridgehead atoms. The molecule has 17 heavy (non-hydrogen) atoms. The average molecular weight is 227 g/mol. The molecule has 0 amide bonds. The van der Waals surface area contributed by atoms with Gasteiger partial charge >= 0.3 is 0 Å². The molecule has 0 atom stereocenters. The van der Waals surface area contributed by atoms with Crippen LogP contribution in [0, 0.1) is 0 Å². The summed E-state index contributed by atoms with van der Waals surface area (Å²) in [6, 6.07) is 8.35. The van der Waals surface area contributed by atoms with E-state index in [1.165, 1.54) is 35.7 Å². The van der Waals surface area contributed by atoms with Gasteiger partial charge in [0.05, 0.1) is 5.69 Å². The van der Waals surface area contributed by atoms with Crippen molar-refractivity contribution in [2.24, 2.45) is 7.05 Å². The standard InChI is InChI=1S/C15H17NO/c1-10(17)15-14(11-6-5-7-11)12-8-3-4-9-13(12)16(15)2/h3-4,8-9,11H,5-7H2,1-2H3. The Hall–Kier alpha value is -1.57. The molecule has 1 aliphatic carbocycles. The van der Waals surface area contributed by atoms with Gasteiger partial charge in [-0.15, -0.1) is 0 Å². The van der Waals surface area contributed by atoms with Gasteiger partial charge in [-0.3, -0.25) is 4.79 Å². The monoisotopic (exact) mass is 227 g/mol. The van der Waals surface area contributed by atoms with Crippen LogP contribution in [0.2, 0.25) is 0 Å². The molecular weight excluding hydrogens is 210 g/mol. The molecule has 1 aromatic heterocycles. The van der Waals surface area contributed by atoms with E-state index < -0.39 is 0 Å². The third kappa shape index (κ3) is 1.43. The van der Waals surface area contributed by atoms with E-state index in [0.717, 1.165) is 5.69 Å². The summed E-state index contributed by atoms with van der Waals surface area (Å²) in [7, 11) is 2.00. The molecule has 0 spiro atoms. The lowest BCUT2D eigenvalue weighted by molar-refractivity contribution is 0.100. The summed E-state index contributed by atoms with van der Waals surface area (Å²) in [6.45, 7) is 1.68. The molecule has 0 radical (unpaired) electrons. The summed E-state index contributed by atoms with van der Waals surface area (Å²) >= 11 is 0. The van der Waals surface area contributed by atoms with Gasteiger partial charge in [-0.25, -0.2) is 0 Å². The first-order valence-electron chi connectivity index (χ1n) is 6.28. The number of benzene rings is 1. The minimum absolute atomic E-state index is 0.186. The van der Waals surface area contributed by atoms with E-state index in [1.54, 1.807) is 6.92 Å². The van der Waals surface area contributed by atoms with Gasteiger partial charge in [-0.1, -0.05) is 24.6 Å². The van der Waals surface area contributed by atoms with Crippen LogP contribution < -0.4 is 0 Å². The van der Waals surface area contributed by atoms with Crippen LogP contribution in [0.25, 0.3) is 10.9 Å². The van der Waals surface area contributed by atoms with Crippen molar-refractivity contribution in [1.29, 1.82) is 0 Å². The quantitative estimate of drug-likeness (QED) is 0.718. The van der Waals surface area contributed by atoms with E-state index in [1.807, 2.05) is 13.1 Å². The fourth-order valence-corrected chi connectivity index (χ4v) is 2.96. The molecule has 1 heterocycles. The maximum Gasteiger partial charge on any atom is 0.176 e. The van der Waals surface area contributed by atoms with Crippen molar-refractivity contribution in [3.63, 3.8) is 0 Å². The number of carbonyl (C=O) groups is 1. The highest BCUT2D eigenvalue weighted by molar-refractivity contribution is 6.02. The van der Waals surface area contributed by atoms with Crippen LogP contribution in [0.5, 0.6) is 0 Å². The van der Waals surface area contributed by atoms with Gasteiger partial charge in [0.15, 0.2) is 5.78 Å². The lowest BCUT2D eigenvalue weighted by atomic mass is 9.78.